The number of halogens is 1. The van der Waals surface area contributed by atoms with Crippen LogP contribution in [0.25, 0.3) is 0 Å². The van der Waals surface area contributed by atoms with Crippen LogP contribution in [-0.4, -0.2) is 24.3 Å². The van der Waals surface area contributed by atoms with Gasteiger partial charge in [0.2, 0.25) is 0 Å². The second kappa shape index (κ2) is 7.04. The molecular formula is C12H13ClO3. The summed E-state index contributed by atoms with van der Waals surface area (Å²) < 4.78 is 5.03. The number of carbonyl (C=O) groups excluding carboxylic acids is 1. The summed E-state index contributed by atoms with van der Waals surface area (Å²) in [6, 6.07) is 8.72. The lowest BCUT2D eigenvalue weighted by Gasteiger charge is -2.06. The Morgan fingerprint density at radius 1 is 1.38 bits per heavy atom. The van der Waals surface area contributed by atoms with E-state index >= 15 is 0 Å². The molecule has 0 aliphatic rings. The standard InChI is InChI=1S/C12H13ClO3/c13-8-10(6-7-14)9-16-12(15)11-4-2-1-3-5-11/h1-5,8,14H,6-7,9H2/b10-8-. The first-order valence-electron chi connectivity index (χ1n) is 4.89. The van der Waals surface area contributed by atoms with Crippen LogP contribution in [0.2, 0.25) is 0 Å². The first-order valence-corrected chi connectivity index (χ1v) is 5.32. The van der Waals surface area contributed by atoms with Crippen LogP contribution in [0.5, 0.6) is 0 Å². The number of aliphatic hydroxyl groups is 1. The van der Waals surface area contributed by atoms with Gasteiger partial charge < -0.3 is 9.84 Å². The molecule has 0 spiro atoms. The topological polar surface area (TPSA) is 46.5 Å². The zero-order chi connectivity index (χ0) is 11.8. The minimum Gasteiger partial charge on any atom is -0.458 e. The summed E-state index contributed by atoms with van der Waals surface area (Å²) in [4.78, 5) is 11.5. The number of ether oxygens (including phenoxy) is 1. The van der Waals surface area contributed by atoms with Crippen molar-refractivity contribution in [1.82, 2.24) is 0 Å². The molecule has 1 N–H and O–H groups in total. The SMILES string of the molecule is O=C(OC/C(=C\Cl)CCO)c1ccccc1. The van der Waals surface area contributed by atoms with Gasteiger partial charge in [0.05, 0.1) is 5.56 Å². The minimum atomic E-state index is -0.394. The number of rotatable bonds is 5. The molecule has 16 heavy (non-hydrogen) atoms. The van der Waals surface area contributed by atoms with Crippen LogP contribution in [0.3, 0.4) is 0 Å². The fourth-order valence-corrected chi connectivity index (χ4v) is 1.29. The highest BCUT2D eigenvalue weighted by atomic mass is 35.5. The van der Waals surface area contributed by atoms with E-state index in [4.69, 9.17) is 21.4 Å². The number of carbonyl (C=O) groups is 1. The molecule has 86 valence electrons. The maximum atomic E-state index is 11.5. The molecule has 3 nitrogen and oxygen atoms in total. The first-order chi connectivity index (χ1) is 7.77. The molecule has 0 amide bonds. The van der Waals surface area contributed by atoms with Gasteiger partial charge in [0.25, 0.3) is 0 Å². The monoisotopic (exact) mass is 240 g/mol. The molecular weight excluding hydrogens is 228 g/mol. The van der Waals surface area contributed by atoms with Crippen LogP contribution in [0.15, 0.2) is 41.4 Å². The van der Waals surface area contributed by atoms with E-state index in [0.717, 1.165) is 0 Å². The van der Waals surface area contributed by atoms with Crippen LogP contribution in [-0.2, 0) is 4.74 Å². The van der Waals surface area contributed by atoms with Gasteiger partial charge in [-0.1, -0.05) is 29.8 Å². The maximum absolute atomic E-state index is 11.5. The zero-order valence-electron chi connectivity index (χ0n) is 8.73. The number of hydrogen-bond acceptors (Lipinski definition) is 3. The third-order valence-corrected chi connectivity index (χ3v) is 2.29. The normalized spacial score (nSPS) is 11.2. The van der Waals surface area contributed by atoms with Crippen LogP contribution in [0.4, 0.5) is 0 Å². The van der Waals surface area contributed by atoms with Crippen molar-refractivity contribution in [2.24, 2.45) is 0 Å². The molecule has 1 aromatic carbocycles. The number of benzene rings is 1. The fraction of sp³-hybridized carbons (Fsp3) is 0.250. The van der Waals surface area contributed by atoms with Gasteiger partial charge in [-0.2, -0.15) is 0 Å². The maximum Gasteiger partial charge on any atom is 0.338 e. The molecule has 0 aliphatic heterocycles. The summed E-state index contributed by atoms with van der Waals surface area (Å²) in [6.45, 7) is 0.0965. The lowest BCUT2D eigenvalue weighted by Crippen LogP contribution is -2.08. The Kier molecular flexibility index (Phi) is 5.61. The van der Waals surface area contributed by atoms with E-state index in [1.165, 1.54) is 5.54 Å². The van der Waals surface area contributed by atoms with Crippen molar-refractivity contribution >= 4 is 17.6 Å². The van der Waals surface area contributed by atoms with Crippen LogP contribution in [0, 0.1) is 0 Å². The summed E-state index contributed by atoms with van der Waals surface area (Å²) in [5.74, 6) is -0.394. The Bertz CT molecular complexity index is 360. The molecule has 0 aliphatic carbocycles. The van der Waals surface area contributed by atoms with Gasteiger partial charge in [-0.3, -0.25) is 0 Å². The number of aliphatic hydroxyl groups excluding tert-OH is 1. The van der Waals surface area contributed by atoms with Crippen molar-refractivity contribution in [3.8, 4) is 0 Å². The predicted octanol–water partition coefficient (Wildman–Crippen LogP) is 2.35. The minimum absolute atomic E-state index is 0.0125. The zero-order valence-corrected chi connectivity index (χ0v) is 9.48. The van der Waals surface area contributed by atoms with Crippen LogP contribution < -0.4 is 0 Å². The average Bonchev–Trinajstić information content (AvgIpc) is 2.35. The van der Waals surface area contributed by atoms with Crippen molar-refractivity contribution in [3.05, 3.63) is 47.0 Å². The van der Waals surface area contributed by atoms with Crippen molar-refractivity contribution in [3.63, 3.8) is 0 Å². The molecule has 0 fully saturated rings. The molecule has 1 aromatic rings. The third-order valence-electron chi connectivity index (χ3n) is 1.99. The van der Waals surface area contributed by atoms with Crippen LogP contribution in [0.1, 0.15) is 16.8 Å². The average molecular weight is 241 g/mol. The van der Waals surface area contributed by atoms with E-state index in [-0.39, 0.29) is 13.2 Å². The fourth-order valence-electron chi connectivity index (χ4n) is 1.12. The highest BCUT2D eigenvalue weighted by molar-refractivity contribution is 6.25. The Labute approximate surface area is 99.3 Å². The Morgan fingerprint density at radius 2 is 2.06 bits per heavy atom. The largest absolute Gasteiger partial charge is 0.458 e. The van der Waals surface area contributed by atoms with E-state index in [9.17, 15) is 4.79 Å². The second-order valence-electron chi connectivity index (χ2n) is 3.18. The Balaban J connectivity index is 2.47. The Morgan fingerprint density at radius 3 is 2.62 bits per heavy atom. The molecule has 0 saturated heterocycles. The highest BCUT2D eigenvalue weighted by Crippen LogP contribution is 2.06. The molecule has 0 heterocycles. The summed E-state index contributed by atoms with van der Waals surface area (Å²) in [5, 5.41) is 8.71. The van der Waals surface area contributed by atoms with E-state index in [2.05, 4.69) is 0 Å². The van der Waals surface area contributed by atoms with Crippen LogP contribution >= 0.6 is 11.6 Å². The van der Waals surface area contributed by atoms with Gasteiger partial charge in [0.15, 0.2) is 0 Å². The summed E-state index contributed by atoms with van der Waals surface area (Å²) in [5.41, 5.74) is 2.52. The Hall–Kier alpha value is -1.32. The van der Waals surface area contributed by atoms with Gasteiger partial charge >= 0.3 is 5.97 Å². The smallest absolute Gasteiger partial charge is 0.338 e. The highest BCUT2D eigenvalue weighted by Gasteiger charge is 2.06. The second-order valence-corrected chi connectivity index (χ2v) is 3.40. The van der Waals surface area contributed by atoms with Gasteiger partial charge in [-0.15, -0.1) is 0 Å². The summed E-state index contributed by atoms with van der Waals surface area (Å²) in [7, 11) is 0. The summed E-state index contributed by atoms with van der Waals surface area (Å²) in [6.07, 6.45) is 0.408. The van der Waals surface area contributed by atoms with Crippen molar-refractivity contribution in [2.75, 3.05) is 13.2 Å². The first kappa shape index (κ1) is 12.7. The van der Waals surface area contributed by atoms with Gasteiger partial charge in [-0.05, 0) is 24.1 Å². The lowest BCUT2D eigenvalue weighted by molar-refractivity contribution is 0.0535. The molecule has 4 heteroatoms. The van der Waals surface area contributed by atoms with Gasteiger partial charge in [0.1, 0.15) is 6.61 Å². The van der Waals surface area contributed by atoms with Gasteiger partial charge in [0, 0.05) is 12.1 Å². The van der Waals surface area contributed by atoms with E-state index in [1.54, 1.807) is 24.3 Å². The molecule has 0 saturated carbocycles. The number of hydrogen-bond donors (Lipinski definition) is 1. The molecule has 1 rings (SSSR count). The van der Waals surface area contributed by atoms with E-state index in [0.29, 0.717) is 17.6 Å². The number of esters is 1. The van der Waals surface area contributed by atoms with Crippen molar-refractivity contribution < 1.29 is 14.6 Å². The van der Waals surface area contributed by atoms with Crippen molar-refractivity contribution in [1.29, 1.82) is 0 Å². The van der Waals surface area contributed by atoms with E-state index < -0.39 is 5.97 Å². The van der Waals surface area contributed by atoms with E-state index in [1.807, 2.05) is 6.07 Å². The molecule has 0 atom stereocenters. The van der Waals surface area contributed by atoms with Gasteiger partial charge in [-0.25, -0.2) is 4.79 Å². The lowest BCUT2D eigenvalue weighted by atomic mass is 10.2. The molecule has 0 aromatic heterocycles. The predicted molar refractivity (Wildman–Crippen MR) is 62.4 cm³/mol. The molecule has 0 radical (unpaired) electrons. The molecule has 0 unspecified atom stereocenters. The molecule has 0 bridgehead atoms. The third kappa shape index (κ3) is 4.04. The summed E-state index contributed by atoms with van der Waals surface area (Å²) >= 11 is 5.51. The quantitative estimate of drug-likeness (QED) is 0.804. The van der Waals surface area contributed by atoms with Crippen molar-refractivity contribution in [2.45, 2.75) is 6.42 Å².